The maximum absolute atomic E-state index is 12.8. The van der Waals surface area contributed by atoms with Gasteiger partial charge in [0.1, 0.15) is 11.2 Å². The van der Waals surface area contributed by atoms with Crippen LogP contribution in [0.25, 0.3) is 20.7 Å². The molecule has 0 saturated heterocycles. The van der Waals surface area contributed by atoms with Gasteiger partial charge in [0.25, 0.3) is 5.56 Å². The quantitative estimate of drug-likeness (QED) is 0.551. The average Bonchev–Trinajstić information content (AvgIpc) is 3.18. The van der Waals surface area contributed by atoms with Gasteiger partial charge < -0.3 is 5.32 Å². The molecule has 1 amide bonds. The lowest BCUT2D eigenvalue weighted by atomic mass is 10.1. The first kappa shape index (κ1) is 18.6. The normalized spacial score (nSPS) is 10.6. The summed E-state index contributed by atoms with van der Waals surface area (Å²) in [6.45, 7) is -0.125. The van der Waals surface area contributed by atoms with Crippen molar-refractivity contribution in [2.75, 3.05) is 5.32 Å². The molecular weight excluding hydrogens is 384 g/mol. The first-order valence-electron chi connectivity index (χ1n) is 8.94. The zero-order valence-electron chi connectivity index (χ0n) is 15.3. The van der Waals surface area contributed by atoms with Crippen LogP contribution in [0.5, 0.6) is 0 Å². The Balaban J connectivity index is 1.53. The number of fused-ring (bicyclic) bond motifs is 1. The molecule has 4 rings (SSSR count). The van der Waals surface area contributed by atoms with Crippen molar-refractivity contribution < 1.29 is 4.79 Å². The summed E-state index contributed by atoms with van der Waals surface area (Å²) in [5.41, 5.74) is 2.91. The summed E-state index contributed by atoms with van der Waals surface area (Å²) < 4.78 is 1.84. The van der Waals surface area contributed by atoms with Crippen molar-refractivity contribution in [1.29, 1.82) is 5.26 Å². The number of benzene rings is 2. The van der Waals surface area contributed by atoms with E-state index in [0.29, 0.717) is 22.3 Å². The number of carbonyl (C=O) groups excluding carboxylic acids is 1. The minimum atomic E-state index is -0.318. The van der Waals surface area contributed by atoms with E-state index in [-0.39, 0.29) is 18.0 Å². The summed E-state index contributed by atoms with van der Waals surface area (Å²) in [5.74, 6) is -0.318. The second kappa shape index (κ2) is 8.09. The molecule has 142 valence electrons. The zero-order valence-corrected chi connectivity index (χ0v) is 16.1. The van der Waals surface area contributed by atoms with Crippen molar-refractivity contribution in [3.63, 3.8) is 0 Å². The Morgan fingerprint density at radius 2 is 1.90 bits per heavy atom. The molecule has 0 aliphatic rings. The SMILES string of the molecule is N#CCc1ccc(NC(=O)Cn2cnc3cc(-c4ccccc4)sc3c2=O)cc1. The van der Waals surface area contributed by atoms with Gasteiger partial charge >= 0.3 is 0 Å². The lowest BCUT2D eigenvalue weighted by molar-refractivity contribution is -0.116. The number of nitriles is 1. The highest BCUT2D eigenvalue weighted by molar-refractivity contribution is 7.22. The minimum absolute atomic E-state index is 0.125. The van der Waals surface area contributed by atoms with E-state index < -0.39 is 0 Å². The van der Waals surface area contributed by atoms with Crippen LogP contribution in [0, 0.1) is 11.3 Å². The van der Waals surface area contributed by atoms with Crippen LogP contribution >= 0.6 is 11.3 Å². The van der Waals surface area contributed by atoms with Crippen molar-refractivity contribution in [2.45, 2.75) is 13.0 Å². The highest BCUT2D eigenvalue weighted by Crippen LogP contribution is 2.30. The maximum atomic E-state index is 12.8. The van der Waals surface area contributed by atoms with Crippen molar-refractivity contribution in [2.24, 2.45) is 0 Å². The van der Waals surface area contributed by atoms with Gasteiger partial charge in [-0.3, -0.25) is 14.2 Å². The molecule has 6 nitrogen and oxygen atoms in total. The van der Waals surface area contributed by atoms with E-state index >= 15 is 0 Å². The molecule has 0 fully saturated rings. The number of nitrogens with zero attached hydrogens (tertiary/aromatic N) is 3. The number of hydrogen-bond acceptors (Lipinski definition) is 5. The van der Waals surface area contributed by atoms with Crippen LogP contribution in [-0.4, -0.2) is 15.5 Å². The van der Waals surface area contributed by atoms with Crippen molar-refractivity contribution in [3.05, 3.63) is 82.9 Å². The molecule has 0 unspecified atom stereocenters. The van der Waals surface area contributed by atoms with Crippen molar-refractivity contribution in [3.8, 4) is 16.5 Å². The molecule has 1 N–H and O–H groups in total. The highest BCUT2D eigenvalue weighted by atomic mass is 32.1. The lowest BCUT2D eigenvalue weighted by Gasteiger charge is -2.07. The molecule has 0 aliphatic heterocycles. The van der Waals surface area contributed by atoms with E-state index in [2.05, 4.69) is 16.4 Å². The van der Waals surface area contributed by atoms with Gasteiger partial charge in [-0.25, -0.2) is 4.98 Å². The van der Waals surface area contributed by atoms with Crippen LogP contribution in [0.15, 0.2) is 71.8 Å². The molecule has 0 bridgehead atoms. The van der Waals surface area contributed by atoms with Gasteiger partial charge in [-0.2, -0.15) is 5.26 Å². The maximum Gasteiger partial charge on any atom is 0.271 e. The third-order valence-electron chi connectivity index (χ3n) is 4.40. The van der Waals surface area contributed by atoms with Gasteiger partial charge in [-0.15, -0.1) is 11.3 Å². The van der Waals surface area contributed by atoms with E-state index in [1.807, 2.05) is 36.4 Å². The Hall–Kier alpha value is -3.76. The van der Waals surface area contributed by atoms with E-state index in [9.17, 15) is 9.59 Å². The van der Waals surface area contributed by atoms with Crippen LogP contribution in [0.3, 0.4) is 0 Å². The number of thiophene rings is 1. The first-order valence-corrected chi connectivity index (χ1v) is 9.76. The Labute approximate surface area is 170 Å². The number of hydrogen-bond donors (Lipinski definition) is 1. The molecular formula is C22H16N4O2S. The van der Waals surface area contributed by atoms with Crippen LogP contribution in [-0.2, 0) is 17.8 Å². The average molecular weight is 400 g/mol. The molecule has 7 heteroatoms. The number of amides is 1. The molecule has 0 saturated carbocycles. The van der Waals surface area contributed by atoms with Gasteiger partial charge in [-0.1, -0.05) is 42.5 Å². The van der Waals surface area contributed by atoms with Crippen LogP contribution in [0.2, 0.25) is 0 Å². The second-order valence-corrected chi connectivity index (χ2v) is 7.50. The topological polar surface area (TPSA) is 87.8 Å². The Morgan fingerprint density at radius 3 is 2.62 bits per heavy atom. The van der Waals surface area contributed by atoms with Gasteiger partial charge in [0.2, 0.25) is 5.91 Å². The van der Waals surface area contributed by atoms with Crippen molar-refractivity contribution in [1.82, 2.24) is 9.55 Å². The van der Waals surface area contributed by atoms with Crippen LogP contribution in [0.1, 0.15) is 5.56 Å². The van der Waals surface area contributed by atoms with Crippen molar-refractivity contribution >= 4 is 33.1 Å². The Morgan fingerprint density at radius 1 is 1.14 bits per heavy atom. The van der Waals surface area contributed by atoms with Gasteiger partial charge in [0, 0.05) is 10.6 Å². The van der Waals surface area contributed by atoms with E-state index in [1.54, 1.807) is 24.3 Å². The fourth-order valence-electron chi connectivity index (χ4n) is 2.96. The second-order valence-electron chi connectivity index (χ2n) is 6.45. The largest absolute Gasteiger partial charge is 0.325 e. The van der Waals surface area contributed by atoms with Gasteiger partial charge in [0.05, 0.1) is 24.3 Å². The number of carbonyl (C=O) groups is 1. The third-order valence-corrected chi connectivity index (χ3v) is 5.56. The van der Waals surface area contributed by atoms with E-state index in [1.165, 1.54) is 22.2 Å². The third kappa shape index (κ3) is 4.08. The monoisotopic (exact) mass is 400 g/mol. The number of rotatable bonds is 5. The smallest absolute Gasteiger partial charge is 0.271 e. The lowest BCUT2D eigenvalue weighted by Crippen LogP contribution is -2.27. The standard InChI is InChI=1S/C22H16N4O2S/c23-11-10-15-6-8-17(9-7-15)25-20(27)13-26-14-24-18-12-19(29-21(18)22(26)28)16-4-2-1-3-5-16/h1-9,12,14H,10,13H2,(H,25,27). The fraction of sp³-hybridized carbons (Fsp3) is 0.0909. The minimum Gasteiger partial charge on any atom is -0.325 e. The summed E-state index contributed by atoms with van der Waals surface area (Å²) in [4.78, 5) is 30.5. The van der Waals surface area contributed by atoms with Gasteiger partial charge in [-0.05, 0) is 29.3 Å². The molecule has 0 radical (unpaired) electrons. The molecule has 2 aromatic carbocycles. The molecule has 4 aromatic rings. The Kier molecular flexibility index (Phi) is 5.18. The van der Waals surface area contributed by atoms with E-state index in [4.69, 9.17) is 5.26 Å². The summed E-state index contributed by atoms with van der Waals surface area (Å²) in [6.07, 6.45) is 1.73. The highest BCUT2D eigenvalue weighted by Gasteiger charge is 2.12. The van der Waals surface area contributed by atoms with Crippen LogP contribution < -0.4 is 10.9 Å². The summed E-state index contributed by atoms with van der Waals surface area (Å²) in [6, 6.07) is 20.8. The molecule has 2 heterocycles. The zero-order chi connectivity index (χ0) is 20.2. The molecule has 29 heavy (non-hydrogen) atoms. The summed E-state index contributed by atoms with van der Waals surface area (Å²) in [5, 5.41) is 11.5. The predicted molar refractivity (Wildman–Crippen MR) is 114 cm³/mol. The summed E-state index contributed by atoms with van der Waals surface area (Å²) >= 11 is 1.37. The predicted octanol–water partition coefficient (Wildman–Crippen LogP) is 3.83. The van der Waals surface area contributed by atoms with E-state index in [0.717, 1.165) is 16.0 Å². The molecule has 0 aliphatic carbocycles. The molecule has 2 aromatic heterocycles. The molecule has 0 atom stereocenters. The summed E-state index contributed by atoms with van der Waals surface area (Å²) in [7, 11) is 0. The Bertz CT molecular complexity index is 1270. The number of aromatic nitrogens is 2. The fourth-order valence-corrected chi connectivity index (χ4v) is 4.02. The number of anilines is 1. The molecule has 0 spiro atoms. The van der Waals surface area contributed by atoms with Crippen LogP contribution in [0.4, 0.5) is 5.69 Å². The first-order chi connectivity index (χ1) is 14.1. The number of nitrogens with one attached hydrogen (secondary N) is 1. The van der Waals surface area contributed by atoms with Gasteiger partial charge in [0.15, 0.2) is 0 Å².